The van der Waals surface area contributed by atoms with Gasteiger partial charge in [-0.15, -0.1) is 0 Å². The van der Waals surface area contributed by atoms with Gasteiger partial charge in [-0.25, -0.2) is 0 Å². The molecule has 6 heteroatoms. The third-order valence-electron chi connectivity index (χ3n) is 4.96. The molecule has 4 aromatic carbocycles. The monoisotopic (exact) mass is 471 g/mol. The Balaban J connectivity index is 1.51. The molecule has 1 N–H and O–H groups in total. The highest BCUT2D eigenvalue weighted by Crippen LogP contribution is 2.37. The smallest absolute Gasteiger partial charge is 0.180 e. The van der Waals surface area contributed by atoms with Crippen LogP contribution in [0.5, 0.6) is 11.5 Å². The summed E-state index contributed by atoms with van der Waals surface area (Å²) in [4.78, 5) is 0. The van der Waals surface area contributed by atoms with Crippen molar-refractivity contribution >= 4 is 51.3 Å². The SMILES string of the molecule is COc1cc(CNc2ccc(Cl)c(Cl)c2)cc(Cl)c1OCc1cccc2ccccc12. The highest BCUT2D eigenvalue weighted by atomic mass is 35.5. The zero-order chi connectivity index (χ0) is 21.8. The van der Waals surface area contributed by atoms with E-state index in [2.05, 4.69) is 29.6 Å². The number of hydrogen-bond acceptors (Lipinski definition) is 3. The van der Waals surface area contributed by atoms with Crippen LogP contribution in [0, 0.1) is 0 Å². The fourth-order valence-corrected chi connectivity index (χ4v) is 3.98. The van der Waals surface area contributed by atoms with E-state index in [4.69, 9.17) is 44.3 Å². The van der Waals surface area contributed by atoms with Gasteiger partial charge >= 0.3 is 0 Å². The number of halogens is 3. The molecule has 3 nitrogen and oxygen atoms in total. The molecule has 0 aliphatic heterocycles. The zero-order valence-electron chi connectivity index (χ0n) is 16.8. The summed E-state index contributed by atoms with van der Waals surface area (Å²) in [6.45, 7) is 0.927. The largest absolute Gasteiger partial charge is 0.493 e. The first kappa shape index (κ1) is 21.6. The molecule has 158 valence electrons. The highest BCUT2D eigenvalue weighted by molar-refractivity contribution is 6.42. The molecule has 0 aliphatic carbocycles. The molecular weight excluding hydrogens is 453 g/mol. The van der Waals surface area contributed by atoms with Crippen LogP contribution in [-0.4, -0.2) is 7.11 Å². The van der Waals surface area contributed by atoms with Crippen molar-refractivity contribution in [1.29, 1.82) is 0 Å². The van der Waals surface area contributed by atoms with Crippen molar-refractivity contribution in [2.75, 3.05) is 12.4 Å². The molecule has 0 heterocycles. The van der Waals surface area contributed by atoms with Crippen LogP contribution in [-0.2, 0) is 13.2 Å². The van der Waals surface area contributed by atoms with Crippen LogP contribution in [0.2, 0.25) is 15.1 Å². The molecule has 0 amide bonds. The molecule has 0 bridgehead atoms. The lowest BCUT2D eigenvalue weighted by Gasteiger charge is -2.16. The molecule has 0 aliphatic rings. The van der Waals surface area contributed by atoms with Crippen molar-refractivity contribution in [3.8, 4) is 11.5 Å². The van der Waals surface area contributed by atoms with E-state index in [1.807, 2.05) is 36.4 Å². The Morgan fingerprint density at radius 3 is 2.42 bits per heavy atom. The van der Waals surface area contributed by atoms with Crippen molar-refractivity contribution in [3.63, 3.8) is 0 Å². The molecule has 0 spiro atoms. The fourth-order valence-electron chi connectivity index (χ4n) is 3.39. The van der Waals surface area contributed by atoms with E-state index in [1.54, 1.807) is 19.2 Å². The topological polar surface area (TPSA) is 30.5 Å². The summed E-state index contributed by atoms with van der Waals surface area (Å²) in [6, 6.07) is 23.6. The van der Waals surface area contributed by atoms with E-state index in [0.29, 0.717) is 39.7 Å². The van der Waals surface area contributed by atoms with Gasteiger partial charge in [-0.3, -0.25) is 0 Å². The Morgan fingerprint density at radius 2 is 1.61 bits per heavy atom. The first-order valence-electron chi connectivity index (χ1n) is 9.70. The second-order valence-corrected chi connectivity index (χ2v) is 8.24. The molecule has 0 saturated heterocycles. The van der Waals surface area contributed by atoms with E-state index in [-0.39, 0.29) is 0 Å². The minimum atomic E-state index is 0.387. The number of hydrogen-bond donors (Lipinski definition) is 1. The first-order chi connectivity index (χ1) is 15.0. The van der Waals surface area contributed by atoms with Crippen LogP contribution >= 0.6 is 34.8 Å². The summed E-state index contributed by atoms with van der Waals surface area (Å²) in [7, 11) is 1.60. The predicted octanol–water partition coefficient (Wildman–Crippen LogP) is 8.00. The van der Waals surface area contributed by atoms with Gasteiger partial charge in [0.05, 0.1) is 22.2 Å². The van der Waals surface area contributed by atoms with Crippen LogP contribution in [0.4, 0.5) is 5.69 Å². The molecule has 31 heavy (non-hydrogen) atoms. The van der Waals surface area contributed by atoms with Gasteiger partial charge in [-0.1, -0.05) is 77.3 Å². The third kappa shape index (κ3) is 5.01. The molecule has 0 saturated carbocycles. The lowest BCUT2D eigenvalue weighted by molar-refractivity contribution is 0.285. The van der Waals surface area contributed by atoms with Crippen LogP contribution < -0.4 is 14.8 Å². The van der Waals surface area contributed by atoms with Gasteiger partial charge in [0.15, 0.2) is 11.5 Å². The predicted molar refractivity (Wildman–Crippen MR) is 130 cm³/mol. The number of fused-ring (bicyclic) bond motifs is 1. The van der Waals surface area contributed by atoms with Crippen LogP contribution in [0.3, 0.4) is 0 Å². The van der Waals surface area contributed by atoms with E-state index < -0.39 is 0 Å². The van der Waals surface area contributed by atoms with Gasteiger partial charge in [0, 0.05) is 12.2 Å². The van der Waals surface area contributed by atoms with E-state index in [0.717, 1.165) is 22.2 Å². The van der Waals surface area contributed by atoms with Crippen molar-refractivity contribution in [1.82, 2.24) is 0 Å². The molecule has 0 fully saturated rings. The standard InChI is InChI=1S/C25H20Cl3NO2/c1-30-24-12-16(14-29-19-9-10-21(26)22(27)13-19)11-23(28)25(24)31-15-18-7-4-6-17-5-2-3-8-20(17)18/h2-13,29H,14-15H2,1H3. The summed E-state index contributed by atoms with van der Waals surface area (Å²) in [6.07, 6.45) is 0. The Morgan fingerprint density at radius 1 is 0.806 bits per heavy atom. The maximum Gasteiger partial charge on any atom is 0.180 e. The van der Waals surface area contributed by atoms with Crippen LogP contribution in [0.25, 0.3) is 10.8 Å². The van der Waals surface area contributed by atoms with Gasteiger partial charge in [0.2, 0.25) is 0 Å². The molecule has 0 unspecified atom stereocenters. The third-order valence-corrected chi connectivity index (χ3v) is 5.98. The number of anilines is 1. The first-order valence-corrected chi connectivity index (χ1v) is 10.8. The molecule has 0 aromatic heterocycles. The second-order valence-electron chi connectivity index (χ2n) is 7.02. The molecule has 4 aromatic rings. The minimum absolute atomic E-state index is 0.387. The molecule has 0 atom stereocenters. The average Bonchev–Trinajstić information content (AvgIpc) is 2.78. The van der Waals surface area contributed by atoms with Gasteiger partial charge in [-0.05, 0) is 52.2 Å². The maximum atomic E-state index is 6.55. The van der Waals surface area contributed by atoms with Gasteiger partial charge in [-0.2, -0.15) is 0 Å². The number of methoxy groups -OCH3 is 1. The van der Waals surface area contributed by atoms with Gasteiger partial charge in [0.1, 0.15) is 6.61 Å². The van der Waals surface area contributed by atoms with Crippen molar-refractivity contribution in [3.05, 3.63) is 99.0 Å². The quantitative estimate of drug-likeness (QED) is 0.295. The van der Waals surface area contributed by atoms with Crippen LogP contribution in [0.15, 0.2) is 72.8 Å². The summed E-state index contributed by atoms with van der Waals surface area (Å²) in [5.74, 6) is 1.11. The Labute approximate surface area is 196 Å². The van der Waals surface area contributed by atoms with E-state index in [9.17, 15) is 0 Å². The van der Waals surface area contributed by atoms with Crippen molar-refractivity contribution in [2.45, 2.75) is 13.2 Å². The molecule has 4 rings (SSSR count). The zero-order valence-corrected chi connectivity index (χ0v) is 19.1. The van der Waals surface area contributed by atoms with E-state index >= 15 is 0 Å². The number of benzene rings is 4. The minimum Gasteiger partial charge on any atom is -0.493 e. The number of ether oxygens (including phenoxy) is 2. The van der Waals surface area contributed by atoms with E-state index in [1.165, 1.54) is 5.39 Å². The second kappa shape index (κ2) is 9.69. The lowest BCUT2D eigenvalue weighted by Crippen LogP contribution is -2.03. The van der Waals surface area contributed by atoms with Crippen molar-refractivity contribution in [2.24, 2.45) is 0 Å². The Bertz CT molecular complexity index is 1220. The summed E-state index contributed by atoms with van der Waals surface area (Å²) in [5, 5.41) is 7.14. The van der Waals surface area contributed by atoms with Crippen molar-refractivity contribution < 1.29 is 9.47 Å². The molecular formula is C25H20Cl3NO2. The Kier molecular flexibility index (Phi) is 6.77. The Hall–Kier alpha value is -2.59. The van der Waals surface area contributed by atoms with Gasteiger partial charge in [0.25, 0.3) is 0 Å². The highest BCUT2D eigenvalue weighted by Gasteiger charge is 2.13. The average molecular weight is 473 g/mol. The maximum absolute atomic E-state index is 6.55. The molecule has 0 radical (unpaired) electrons. The summed E-state index contributed by atoms with van der Waals surface area (Å²) in [5.41, 5.74) is 2.90. The fraction of sp³-hybridized carbons (Fsp3) is 0.120. The lowest BCUT2D eigenvalue weighted by atomic mass is 10.1. The van der Waals surface area contributed by atoms with Gasteiger partial charge < -0.3 is 14.8 Å². The summed E-state index contributed by atoms with van der Waals surface area (Å²) < 4.78 is 11.6. The number of nitrogens with one attached hydrogen (secondary N) is 1. The number of rotatable bonds is 7. The van der Waals surface area contributed by atoms with Crippen LogP contribution in [0.1, 0.15) is 11.1 Å². The summed E-state index contributed by atoms with van der Waals surface area (Å²) >= 11 is 18.6. The normalized spacial score (nSPS) is 10.8.